The highest BCUT2D eigenvalue weighted by Gasteiger charge is 2.04. The van der Waals surface area contributed by atoms with Crippen molar-refractivity contribution < 1.29 is 9.90 Å². The van der Waals surface area contributed by atoms with E-state index >= 15 is 0 Å². The normalized spacial score (nSPS) is 12.5. The van der Waals surface area contributed by atoms with Gasteiger partial charge in [0.25, 0.3) is 0 Å². The highest BCUT2D eigenvalue weighted by Crippen LogP contribution is 2.02. The first-order chi connectivity index (χ1) is 6.20. The lowest BCUT2D eigenvalue weighted by Crippen LogP contribution is -2.34. The summed E-state index contributed by atoms with van der Waals surface area (Å²) < 4.78 is 0. The van der Waals surface area contributed by atoms with Crippen LogP contribution in [0, 0.1) is 0 Å². The lowest BCUT2D eigenvalue weighted by molar-refractivity contribution is -0.122. The molecule has 1 atom stereocenters. The summed E-state index contributed by atoms with van der Waals surface area (Å²) >= 11 is 0. The predicted molar refractivity (Wildman–Crippen MR) is 53.4 cm³/mol. The maximum absolute atomic E-state index is 11.2. The quantitative estimate of drug-likeness (QED) is 0.593. The van der Waals surface area contributed by atoms with E-state index < -0.39 is 0 Å². The molecule has 0 spiro atoms. The van der Waals surface area contributed by atoms with Gasteiger partial charge in [0.2, 0.25) is 5.91 Å². The van der Waals surface area contributed by atoms with Crippen molar-refractivity contribution in [2.24, 2.45) is 0 Å². The maximum Gasteiger partial charge on any atom is 0.220 e. The molecule has 0 aromatic heterocycles. The maximum atomic E-state index is 11.2. The molecule has 1 amide bonds. The van der Waals surface area contributed by atoms with Gasteiger partial charge >= 0.3 is 0 Å². The van der Waals surface area contributed by atoms with Gasteiger partial charge < -0.3 is 10.4 Å². The van der Waals surface area contributed by atoms with Crippen LogP contribution in [0.25, 0.3) is 0 Å². The largest absolute Gasteiger partial charge is 0.394 e. The lowest BCUT2D eigenvalue weighted by Gasteiger charge is -2.10. The van der Waals surface area contributed by atoms with Crippen LogP contribution in [0.3, 0.4) is 0 Å². The molecule has 13 heavy (non-hydrogen) atoms. The minimum atomic E-state index is -0.112. The minimum absolute atomic E-state index is 0.0146. The van der Waals surface area contributed by atoms with Gasteiger partial charge in [0.15, 0.2) is 0 Å². The highest BCUT2D eigenvalue weighted by molar-refractivity contribution is 5.76. The standard InChI is InChI=1S/C10H21NO2/c1-3-4-5-6-7-10(13)11-9(2)8-12/h9,12H,3-8H2,1-2H3,(H,11,13)/t9-/m0/s1. The van der Waals surface area contributed by atoms with Crippen LogP contribution in [0.2, 0.25) is 0 Å². The summed E-state index contributed by atoms with van der Waals surface area (Å²) in [5.74, 6) is 0.0534. The van der Waals surface area contributed by atoms with Crippen LogP contribution in [-0.4, -0.2) is 23.7 Å². The molecule has 0 aliphatic rings. The van der Waals surface area contributed by atoms with Gasteiger partial charge in [-0.15, -0.1) is 0 Å². The minimum Gasteiger partial charge on any atom is -0.394 e. The van der Waals surface area contributed by atoms with E-state index in [1.807, 2.05) is 0 Å². The second-order valence-electron chi connectivity index (χ2n) is 3.46. The second-order valence-corrected chi connectivity index (χ2v) is 3.46. The zero-order valence-electron chi connectivity index (χ0n) is 8.68. The first-order valence-corrected chi connectivity index (χ1v) is 5.11. The van der Waals surface area contributed by atoms with Gasteiger partial charge in [0.1, 0.15) is 0 Å². The van der Waals surface area contributed by atoms with Crippen molar-refractivity contribution in [3.63, 3.8) is 0 Å². The third-order valence-corrected chi connectivity index (χ3v) is 1.94. The molecule has 2 N–H and O–H groups in total. The van der Waals surface area contributed by atoms with Gasteiger partial charge in [-0.2, -0.15) is 0 Å². The number of amides is 1. The molecule has 78 valence electrons. The molecule has 3 nitrogen and oxygen atoms in total. The molecule has 0 aromatic carbocycles. The van der Waals surface area contributed by atoms with E-state index in [9.17, 15) is 4.79 Å². The average molecular weight is 187 g/mol. The number of unbranched alkanes of at least 4 members (excludes halogenated alkanes) is 3. The van der Waals surface area contributed by atoms with Crippen molar-refractivity contribution >= 4 is 5.91 Å². The number of carbonyl (C=O) groups is 1. The van der Waals surface area contributed by atoms with Gasteiger partial charge in [0, 0.05) is 12.5 Å². The highest BCUT2D eigenvalue weighted by atomic mass is 16.3. The van der Waals surface area contributed by atoms with Crippen molar-refractivity contribution in [2.45, 2.75) is 52.0 Å². The van der Waals surface area contributed by atoms with Crippen LogP contribution in [0.1, 0.15) is 46.0 Å². The van der Waals surface area contributed by atoms with Crippen LogP contribution in [0.15, 0.2) is 0 Å². The van der Waals surface area contributed by atoms with Gasteiger partial charge in [-0.1, -0.05) is 26.2 Å². The van der Waals surface area contributed by atoms with Crippen molar-refractivity contribution in [1.82, 2.24) is 5.32 Å². The zero-order chi connectivity index (χ0) is 10.1. The van der Waals surface area contributed by atoms with Crippen LogP contribution in [-0.2, 0) is 4.79 Å². The smallest absolute Gasteiger partial charge is 0.220 e. The summed E-state index contributed by atoms with van der Waals surface area (Å²) in [5, 5.41) is 11.4. The fourth-order valence-electron chi connectivity index (χ4n) is 1.10. The van der Waals surface area contributed by atoms with Crippen molar-refractivity contribution in [3.8, 4) is 0 Å². The molecule has 0 radical (unpaired) electrons. The number of hydrogen-bond donors (Lipinski definition) is 2. The molecule has 0 heterocycles. The molecule has 0 saturated heterocycles. The Morgan fingerprint density at radius 3 is 2.62 bits per heavy atom. The topological polar surface area (TPSA) is 49.3 Å². The Morgan fingerprint density at radius 2 is 2.08 bits per heavy atom. The molecule has 0 unspecified atom stereocenters. The average Bonchev–Trinajstić information content (AvgIpc) is 2.12. The third kappa shape index (κ3) is 7.78. The summed E-state index contributed by atoms with van der Waals surface area (Å²) in [4.78, 5) is 11.2. The van der Waals surface area contributed by atoms with E-state index in [1.165, 1.54) is 12.8 Å². The number of aliphatic hydroxyl groups excluding tert-OH is 1. The monoisotopic (exact) mass is 187 g/mol. The summed E-state index contributed by atoms with van der Waals surface area (Å²) in [6.07, 6.45) is 5.05. The summed E-state index contributed by atoms with van der Waals surface area (Å²) in [6, 6.07) is -0.112. The van der Waals surface area contributed by atoms with E-state index in [0.717, 1.165) is 12.8 Å². The fourth-order valence-corrected chi connectivity index (χ4v) is 1.10. The number of hydrogen-bond acceptors (Lipinski definition) is 2. The number of nitrogens with one attached hydrogen (secondary N) is 1. The van der Waals surface area contributed by atoms with E-state index in [4.69, 9.17) is 5.11 Å². The Kier molecular flexibility index (Phi) is 7.69. The van der Waals surface area contributed by atoms with E-state index in [-0.39, 0.29) is 18.6 Å². The first-order valence-electron chi connectivity index (χ1n) is 5.11. The number of aliphatic hydroxyl groups is 1. The van der Waals surface area contributed by atoms with Gasteiger partial charge in [-0.3, -0.25) is 4.79 Å². The molecule has 0 aromatic rings. The SMILES string of the molecule is CCCCCCC(=O)N[C@@H](C)CO. The van der Waals surface area contributed by atoms with E-state index in [1.54, 1.807) is 6.92 Å². The molecule has 0 bridgehead atoms. The van der Waals surface area contributed by atoms with Gasteiger partial charge in [-0.25, -0.2) is 0 Å². The Labute approximate surface area is 80.5 Å². The number of rotatable bonds is 7. The Morgan fingerprint density at radius 1 is 1.38 bits per heavy atom. The van der Waals surface area contributed by atoms with Crippen LogP contribution in [0.4, 0.5) is 0 Å². The fraction of sp³-hybridized carbons (Fsp3) is 0.900. The molecule has 0 fully saturated rings. The molecular formula is C10H21NO2. The van der Waals surface area contributed by atoms with Crippen LogP contribution < -0.4 is 5.32 Å². The van der Waals surface area contributed by atoms with Crippen molar-refractivity contribution in [3.05, 3.63) is 0 Å². The Bertz CT molecular complexity index is 137. The molecule has 0 saturated carbocycles. The van der Waals surface area contributed by atoms with Gasteiger partial charge in [0.05, 0.1) is 6.61 Å². The molecule has 0 rings (SSSR count). The molecular weight excluding hydrogens is 166 g/mol. The summed E-state index contributed by atoms with van der Waals surface area (Å²) in [5.41, 5.74) is 0. The first kappa shape index (κ1) is 12.4. The van der Waals surface area contributed by atoms with E-state index in [2.05, 4.69) is 12.2 Å². The van der Waals surface area contributed by atoms with Crippen molar-refractivity contribution in [1.29, 1.82) is 0 Å². The van der Waals surface area contributed by atoms with Crippen LogP contribution in [0.5, 0.6) is 0 Å². The summed E-state index contributed by atoms with van der Waals surface area (Å²) in [7, 11) is 0. The molecule has 3 heteroatoms. The summed E-state index contributed by atoms with van der Waals surface area (Å²) in [6.45, 7) is 3.96. The van der Waals surface area contributed by atoms with Crippen LogP contribution >= 0.6 is 0 Å². The van der Waals surface area contributed by atoms with Crippen molar-refractivity contribution in [2.75, 3.05) is 6.61 Å². The van der Waals surface area contributed by atoms with E-state index in [0.29, 0.717) is 6.42 Å². The molecule has 0 aliphatic heterocycles. The predicted octanol–water partition coefficient (Wildman–Crippen LogP) is 1.45. The zero-order valence-corrected chi connectivity index (χ0v) is 8.68. The van der Waals surface area contributed by atoms with Gasteiger partial charge in [-0.05, 0) is 13.3 Å². The third-order valence-electron chi connectivity index (χ3n) is 1.94. The lowest BCUT2D eigenvalue weighted by atomic mass is 10.1. The molecule has 0 aliphatic carbocycles. The Hall–Kier alpha value is -0.570. The number of carbonyl (C=O) groups excluding carboxylic acids is 1. The Balaban J connectivity index is 3.30. The second kappa shape index (κ2) is 8.05.